The molecule has 1 fully saturated rings. The number of nitrogens with two attached hydrogens (primary N) is 1. The van der Waals surface area contributed by atoms with Gasteiger partial charge in [0.1, 0.15) is 0 Å². The second-order valence-electron chi connectivity index (χ2n) is 6.89. The lowest BCUT2D eigenvalue weighted by atomic mass is 9.81. The van der Waals surface area contributed by atoms with Gasteiger partial charge in [0.2, 0.25) is 0 Å². The van der Waals surface area contributed by atoms with Crippen molar-refractivity contribution < 1.29 is 0 Å². The number of rotatable bonds is 3. The summed E-state index contributed by atoms with van der Waals surface area (Å²) in [5.74, 6) is 0.726. The van der Waals surface area contributed by atoms with E-state index >= 15 is 0 Å². The Balaban J connectivity index is 2.55. The summed E-state index contributed by atoms with van der Waals surface area (Å²) in [5.41, 5.74) is 6.47. The molecule has 0 spiro atoms. The summed E-state index contributed by atoms with van der Waals surface area (Å²) in [4.78, 5) is 2.62. The first-order valence-electron chi connectivity index (χ1n) is 6.20. The third kappa shape index (κ3) is 3.76. The number of hydrogen-bond donors (Lipinski definition) is 1. The van der Waals surface area contributed by atoms with E-state index in [9.17, 15) is 0 Å². The lowest BCUT2D eigenvalue weighted by Crippen LogP contribution is -2.45. The maximum atomic E-state index is 5.74. The normalized spacial score (nSPS) is 24.8. The van der Waals surface area contributed by atoms with Crippen LogP contribution in [0.2, 0.25) is 0 Å². The standard InChI is InChI=1S/C13H28N2/c1-12(2,3)10-13(4,5)15-7-6-11(8-14)9-15/h11H,6-10,14H2,1-5H3. The molecule has 1 unspecified atom stereocenters. The molecule has 2 nitrogen and oxygen atoms in total. The van der Waals surface area contributed by atoms with E-state index in [-0.39, 0.29) is 0 Å². The minimum atomic E-state index is 0.322. The molecule has 1 atom stereocenters. The van der Waals surface area contributed by atoms with Gasteiger partial charge in [-0.3, -0.25) is 4.90 Å². The Labute approximate surface area is 95.2 Å². The monoisotopic (exact) mass is 212 g/mol. The highest BCUT2D eigenvalue weighted by Gasteiger charge is 2.35. The Bertz CT molecular complexity index is 203. The Hall–Kier alpha value is -0.0800. The summed E-state index contributed by atoms with van der Waals surface area (Å²) in [5, 5.41) is 0. The van der Waals surface area contributed by atoms with Crippen LogP contribution in [-0.4, -0.2) is 30.1 Å². The number of likely N-dealkylation sites (tertiary alicyclic amines) is 1. The topological polar surface area (TPSA) is 29.3 Å². The molecule has 0 radical (unpaired) electrons. The van der Waals surface area contributed by atoms with E-state index in [1.165, 1.54) is 25.9 Å². The second kappa shape index (κ2) is 4.42. The molecular weight excluding hydrogens is 184 g/mol. The molecule has 1 saturated heterocycles. The summed E-state index contributed by atoms with van der Waals surface area (Å²) < 4.78 is 0. The van der Waals surface area contributed by atoms with E-state index < -0.39 is 0 Å². The predicted molar refractivity (Wildman–Crippen MR) is 66.9 cm³/mol. The summed E-state index contributed by atoms with van der Waals surface area (Å²) in [6.07, 6.45) is 2.53. The predicted octanol–water partition coefficient (Wildman–Crippen LogP) is 2.48. The lowest BCUT2D eigenvalue weighted by Gasteiger charge is -2.40. The van der Waals surface area contributed by atoms with Crippen LogP contribution in [0.15, 0.2) is 0 Å². The molecule has 2 heteroatoms. The third-order valence-corrected chi connectivity index (χ3v) is 3.44. The summed E-state index contributed by atoms with van der Waals surface area (Å²) >= 11 is 0. The summed E-state index contributed by atoms with van der Waals surface area (Å²) in [6.45, 7) is 15.0. The zero-order valence-corrected chi connectivity index (χ0v) is 11.1. The van der Waals surface area contributed by atoms with Crippen LogP contribution in [0.1, 0.15) is 47.5 Å². The van der Waals surface area contributed by atoms with Gasteiger partial charge >= 0.3 is 0 Å². The molecule has 0 aromatic rings. The fourth-order valence-electron chi connectivity index (χ4n) is 2.98. The Morgan fingerprint density at radius 2 is 1.80 bits per heavy atom. The van der Waals surface area contributed by atoms with Crippen molar-refractivity contribution in [3.63, 3.8) is 0 Å². The first kappa shape index (κ1) is 13.0. The van der Waals surface area contributed by atoms with Gasteiger partial charge in [-0.1, -0.05) is 20.8 Å². The average Bonchev–Trinajstić information content (AvgIpc) is 2.47. The largest absolute Gasteiger partial charge is 0.330 e. The van der Waals surface area contributed by atoms with Crippen LogP contribution in [0.4, 0.5) is 0 Å². The zero-order chi connectivity index (χ0) is 11.7. The van der Waals surface area contributed by atoms with Gasteiger partial charge in [-0.15, -0.1) is 0 Å². The molecule has 1 rings (SSSR count). The van der Waals surface area contributed by atoms with Gasteiger partial charge in [-0.25, -0.2) is 0 Å². The fourth-order valence-corrected chi connectivity index (χ4v) is 2.98. The summed E-state index contributed by atoms with van der Waals surface area (Å²) in [6, 6.07) is 0. The van der Waals surface area contributed by atoms with Crippen LogP contribution in [-0.2, 0) is 0 Å². The van der Waals surface area contributed by atoms with Crippen molar-refractivity contribution in [2.24, 2.45) is 17.1 Å². The third-order valence-electron chi connectivity index (χ3n) is 3.44. The second-order valence-corrected chi connectivity index (χ2v) is 6.89. The van der Waals surface area contributed by atoms with Gasteiger partial charge in [-0.2, -0.15) is 0 Å². The molecular formula is C13H28N2. The molecule has 1 aliphatic heterocycles. The Morgan fingerprint density at radius 1 is 1.20 bits per heavy atom. The molecule has 90 valence electrons. The minimum Gasteiger partial charge on any atom is -0.330 e. The lowest BCUT2D eigenvalue weighted by molar-refractivity contribution is 0.0981. The van der Waals surface area contributed by atoms with Gasteiger partial charge in [0.15, 0.2) is 0 Å². The Morgan fingerprint density at radius 3 is 2.20 bits per heavy atom. The van der Waals surface area contributed by atoms with E-state index in [2.05, 4.69) is 39.5 Å². The van der Waals surface area contributed by atoms with Gasteiger partial charge in [0, 0.05) is 12.1 Å². The van der Waals surface area contributed by atoms with Crippen molar-refractivity contribution in [2.75, 3.05) is 19.6 Å². The Kier molecular flexibility index (Phi) is 3.83. The maximum Gasteiger partial charge on any atom is 0.0158 e. The van der Waals surface area contributed by atoms with Crippen molar-refractivity contribution in [3.8, 4) is 0 Å². The highest BCUT2D eigenvalue weighted by molar-refractivity contribution is 4.90. The van der Waals surface area contributed by atoms with E-state index in [1.54, 1.807) is 0 Å². The van der Waals surface area contributed by atoms with Crippen LogP contribution in [0.5, 0.6) is 0 Å². The van der Waals surface area contributed by atoms with Gasteiger partial charge in [0.25, 0.3) is 0 Å². The SMILES string of the molecule is CC(C)(C)CC(C)(C)N1CCC(CN)C1. The highest BCUT2D eigenvalue weighted by Crippen LogP contribution is 2.34. The van der Waals surface area contributed by atoms with Crippen LogP contribution in [0.3, 0.4) is 0 Å². The van der Waals surface area contributed by atoms with Gasteiger partial charge in [-0.05, 0) is 51.1 Å². The molecule has 0 saturated carbocycles. The van der Waals surface area contributed by atoms with Crippen LogP contribution < -0.4 is 5.73 Å². The molecule has 1 aliphatic rings. The van der Waals surface area contributed by atoms with Gasteiger partial charge in [0.05, 0.1) is 0 Å². The first-order valence-corrected chi connectivity index (χ1v) is 6.20. The van der Waals surface area contributed by atoms with Crippen LogP contribution in [0, 0.1) is 11.3 Å². The molecule has 0 aliphatic carbocycles. The van der Waals surface area contributed by atoms with Crippen molar-refractivity contribution in [2.45, 2.75) is 53.0 Å². The van der Waals surface area contributed by atoms with Crippen LogP contribution >= 0.6 is 0 Å². The molecule has 15 heavy (non-hydrogen) atoms. The van der Waals surface area contributed by atoms with Crippen molar-refractivity contribution >= 4 is 0 Å². The van der Waals surface area contributed by atoms with Crippen molar-refractivity contribution in [1.82, 2.24) is 4.90 Å². The van der Waals surface area contributed by atoms with Crippen molar-refractivity contribution in [3.05, 3.63) is 0 Å². The summed E-state index contributed by atoms with van der Waals surface area (Å²) in [7, 11) is 0. The smallest absolute Gasteiger partial charge is 0.0158 e. The minimum absolute atomic E-state index is 0.322. The molecule has 0 amide bonds. The average molecular weight is 212 g/mol. The van der Waals surface area contributed by atoms with Crippen molar-refractivity contribution in [1.29, 1.82) is 0 Å². The molecule has 0 aromatic heterocycles. The molecule has 2 N–H and O–H groups in total. The van der Waals surface area contributed by atoms with Crippen LogP contribution in [0.25, 0.3) is 0 Å². The number of nitrogens with zero attached hydrogens (tertiary/aromatic N) is 1. The quantitative estimate of drug-likeness (QED) is 0.779. The zero-order valence-electron chi connectivity index (χ0n) is 11.1. The number of hydrogen-bond acceptors (Lipinski definition) is 2. The molecule has 1 heterocycles. The fraction of sp³-hybridized carbons (Fsp3) is 1.00. The maximum absolute atomic E-state index is 5.74. The van der Waals surface area contributed by atoms with E-state index in [0.717, 1.165) is 12.5 Å². The molecule has 0 aromatic carbocycles. The van der Waals surface area contributed by atoms with E-state index in [0.29, 0.717) is 11.0 Å². The highest BCUT2D eigenvalue weighted by atomic mass is 15.2. The van der Waals surface area contributed by atoms with E-state index in [4.69, 9.17) is 5.73 Å². The molecule has 0 bridgehead atoms. The van der Waals surface area contributed by atoms with E-state index in [1.807, 2.05) is 0 Å². The van der Waals surface area contributed by atoms with Gasteiger partial charge < -0.3 is 5.73 Å². The first-order chi connectivity index (χ1) is 6.74.